The third kappa shape index (κ3) is 4.03. The maximum absolute atomic E-state index is 13.4. The lowest BCUT2D eigenvalue weighted by Crippen LogP contribution is -2.48. The van der Waals surface area contributed by atoms with Crippen LogP contribution in [-0.4, -0.2) is 63.6 Å². The molecule has 0 bridgehead atoms. The van der Waals surface area contributed by atoms with E-state index in [9.17, 15) is 13.2 Å². The van der Waals surface area contributed by atoms with Crippen molar-refractivity contribution in [2.75, 3.05) is 39.0 Å². The molecule has 9 heteroatoms. The Hall–Kier alpha value is -2.13. The van der Waals surface area contributed by atoms with Gasteiger partial charge in [-0.2, -0.15) is 13.2 Å². The van der Waals surface area contributed by atoms with Crippen LogP contribution in [0.1, 0.15) is 43.1 Å². The molecule has 0 radical (unpaired) electrons. The van der Waals surface area contributed by atoms with Gasteiger partial charge >= 0.3 is 6.18 Å². The van der Waals surface area contributed by atoms with Crippen molar-refractivity contribution in [2.45, 2.75) is 50.4 Å². The number of likely N-dealkylation sites (N-methyl/N-ethyl adjacent to an activating group) is 1. The lowest BCUT2D eigenvalue weighted by Gasteiger charge is -2.37. The monoisotopic (exact) mass is 460 g/mol. The number of nitrogens with two attached hydrogens (primary N) is 1. The smallest absolute Gasteiger partial charge is 0.383 e. The summed E-state index contributed by atoms with van der Waals surface area (Å²) in [5.74, 6) is 2.50. The highest BCUT2D eigenvalue weighted by atomic mass is 19.4. The number of piperazine rings is 1. The van der Waals surface area contributed by atoms with E-state index in [1.165, 1.54) is 31.9 Å². The lowest BCUT2D eigenvalue weighted by molar-refractivity contribution is -0.137. The van der Waals surface area contributed by atoms with Crippen LogP contribution in [0.25, 0.3) is 11.3 Å². The van der Waals surface area contributed by atoms with Gasteiger partial charge in [0.1, 0.15) is 11.6 Å². The maximum Gasteiger partial charge on any atom is 0.419 e. The van der Waals surface area contributed by atoms with Crippen LogP contribution in [0.2, 0.25) is 0 Å². The Morgan fingerprint density at radius 1 is 1.09 bits per heavy atom. The minimum absolute atomic E-state index is 0.383. The number of hydrogen-bond donors (Lipinski definition) is 1. The minimum Gasteiger partial charge on any atom is -0.383 e. The van der Waals surface area contributed by atoms with E-state index >= 15 is 0 Å². The molecule has 6 rings (SSSR count). The summed E-state index contributed by atoms with van der Waals surface area (Å²) in [6, 6.07) is 2.20. The first-order valence-corrected chi connectivity index (χ1v) is 12.1. The summed E-state index contributed by atoms with van der Waals surface area (Å²) in [5, 5.41) is 0. The van der Waals surface area contributed by atoms with Gasteiger partial charge < -0.3 is 15.2 Å². The number of rotatable bonds is 5. The Morgan fingerprint density at radius 2 is 1.79 bits per heavy atom. The standard InChI is InChI=1S/C24H31F3N6/c1-31-4-6-32(7-5-31)16-10-17-18(11-16)22(17)33-13-20(30-21(33)8-14-2-3-14)15-9-19(24(25,26)27)23(28)29-12-15/h9,12-14,16-18,22H,2-8,10-11H2,1H3,(H2,28,29). The van der Waals surface area contributed by atoms with E-state index in [2.05, 4.69) is 26.4 Å². The van der Waals surface area contributed by atoms with Gasteiger partial charge in [0, 0.05) is 62.6 Å². The fraction of sp³-hybridized carbons (Fsp3) is 0.667. The highest BCUT2D eigenvalue weighted by molar-refractivity contribution is 5.62. The number of anilines is 1. The van der Waals surface area contributed by atoms with Gasteiger partial charge in [0.15, 0.2) is 0 Å². The summed E-state index contributed by atoms with van der Waals surface area (Å²) in [4.78, 5) is 13.7. The van der Waals surface area contributed by atoms with Gasteiger partial charge in [0.25, 0.3) is 0 Å². The number of nitrogen functional groups attached to an aromatic ring is 1. The molecule has 3 heterocycles. The Bertz CT molecular complexity index is 1030. The molecule has 2 N–H and O–H groups in total. The van der Waals surface area contributed by atoms with Crippen molar-refractivity contribution in [2.24, 2.45) is 17.8 Å². The first kappa shape index (κ1) is 21.4. The number of pyridine rings is 1. The molecule has 2 aromatic heterocycles. The van der Waals surface area contributed by atoms with Crippen LogP contribution in [0.15, 0.2) is 18.5 Å². The zero-order valence-corrected chi connectivity index (χ0v) is 18.9. The van der Waals surface area contributed by atoms with Crippen molar-refractivity contribution in [3.8, 4) is 11.3 Å². The number of nitrogens with zero attached hydrogens (tertiary/aromatic N) is 5. The second-order valence-corrected chi connectivity index (χ2v) is 10.5. The predicted molar refractivity (Wildman–Crippen MR) is 119 cm³/mol. The molecule has 2 unspecified atom stereocenters. The number of imidazole rings is 1. The zero-order valence-electron chi connectivity index (χ0n) is 18.9. The molecule has 2 aromatic rings. The zero-order chi connectivity index (χ0) is 22.9. The number of alkyl halides is 3. The van der Waals surface area contributed by atoms with Crippen molar-refractivity contribution in [3.05, 3.63) is 29.8 Å². The third-order valence-electron chi connectivity index (χ3n) is 8.25. The summed E-state index contributed by atoms with van der Waals surface area (Å²) in [7, 11) is 2.19. The Labute approximate surface area is 192 Å². The summed E-state index contributed by atoms with van der Waals surface area (Å²) in [6.07, 6.45) is 4.63. The minimum atomic E-state index is -4.53. The number of hydrogen-bond acceptors (Lipinski definition) is 5. The summed E-state index contributed by atoms with van der Waals surface area (Å²) in [5.41, 5.74) is 5.57. The molecule has 4 aliphatic rings. The molecule has 1 saturated heterocycles. The second-order valence-electron chi connectivity index (χ2n) is 10.5. The highest BCUT2D eigenvalue weighted by Gasteiger charge is 2.58. The molecule has 6 nitrogen and oxygen atoms in total. The van der Waals surface area contributed by atoms with Gasteiger partial charge in [-0.05, 0) is 56.6 Å². The van der Waals surface area contributed by atoms with Crippen LogP contribution in [-0.2, 0) is 12.6 Å². The van der Waals surface area contributed by atoms with Crippen molar-refractivity contribution < 1.29 is 13.2 Å². The van der Waals surface area contributed by atoms with Crippen LogP contribution in [0, 0.1) is 17.8 Å². The first-order chi connectivity index (χ1) is 15.8. The molecule has 33 heavy (non-hydrogen) atoms. The van der Waals surface area contributed by atoms with E-state index < -0.39 is 17.6 Å². The van der Waals surface area contributed by atoms with Crippen LogP contribution in [0.3, 0.4) is 0 Å². The molecule has 0 aromatic carbocycles. The van der Waals surface area contributed by atoms with E-state index in [1.807, 2.05) is 6.20 Å². The first-order valence-electron chi connectivity index (χ1n) is 12.1. The Kier molecular flexibility index (Phi) is 4.99. The Balaban J connectivity index is 1.23. The van der Waals surface area contributed by atoms with Gasteiger partial charge in [-0.1, -0.05) is 0 Å². The molecule has 2 atom stereocenters. The van der Waals surface area contributed by atoms with E-state index in [0.717, 1.165) is 44.5 Å². The average Bonchev–Trinajstić information content (AvgIpc) is 3.61. The maximum atomic E-state index is 13.4. The molecule has 3 saturated carbocycles. The van der Waals surface area contributed by atoms with E-state index in [0.29, 0.717) is 41.1 Å². The third-order valence-corrected chi connectivity index (χ3v) is 8.25. The summed E-state index contributed by atoms with van der Waals surface area (Å²) < 4.78 is 42.4. The lowest BCUT2D eigenvalue weighted by atomic mass is 10.1. The molecule has 1 aliphatic heterocycles. The molecule has 0 spiro atoms. The summed E-state index contributed by atoms with van der Waals surface area (Å²) in [6.45, 7) is 4.58. The van der Waals surface area contributed by atoms with Crippen molar-refractivity contribution in [1.82, 2.24) is 24.3 Å². The average molecular weight is 461 g/mol. The fourth-order valence-corrected chi connectivity index (χ4v) is 6.08. The van der Waals surface area contributed by atoms with E-state index in [1.54, 1.807) is 0 Å². The van der Waals surface area contributed by atoms with Gasteiger partial charge in [-0.3, -0.25) is 4.90 Å². The molecule has 178 valence electrons. The largest absolute Gasteiger partial charge is 0.419 e. The molecular weight excluding hydrogens is 429 g/mol. The number of fused-ring (bicyclic) bond motifs is 1. The van der Waals surface area contributed by atoms with Gasteiger partial charge in [0.2, 0.25) is 0 Å². The topological polar surface area (TPSA) is 63.2 Å². The fourth-order valence-electron chi connectivity index (χ4n) is 6.08. The van der Waals surface area contributed by atoms with Crippen LogP contribution < -0.4 is 5.73 Å². The molecular formula is C24H31F3N6. The molecule has 4 fully saturated rings. The summed E-state index contributed by atoms with van der Waals surface area (Å²) >= 11 is 0. The van der Waals surface area contributed by atoms with Gasteiger partial charge in [-0.25, -0.2) is 9.97 Å². The van der Waals surface area contributed by atoms with Crippen LogP contribution in [0.4, 0.5) is 19.0 Å². The predicted octanol–water partition coefficient (Wildman–Crippen LogP) is 3.70. The van der Waals surface area contributed by atoms with E-state index in [-0.39, 0.29) is 0 Å². The van der Waals surface area contributed by atoms with Crippen LogP contribution in [0.5, 0.6) is 0 Å². The molecule has 0 amide bonds. The van der Waals surface area contributed by atoms with Crippen molar-refractivity contribution >= 4 is 5.82 Å². The number of halogens is 3. The number of aromatic nitrogens is 3. The van der Waals surface area contributed by atoms with Crippen molar-refractivity contribution in [1.29, 1.82) is 0 Å². The quantitative estimate of drug-likeness (QED) is 0.737. The SMILES string of the molecule is CN1CCN(C2CC3C(C2)C3n2cc(-c3cnc(N)c(C(F)(F)F)c3)nc2CC2CC2)CC1. The van der Waals surface area contributed by atoms with Crippen LogP contribution >= 0.6 is 0 Å². The van der Waals surface area contributed by atoms with Gasteiger partial charge in [0.05, 0.1) is 11.3 Å². The van der Waals surface area contributed by atoms with E-state index in [4.69, 9.17) is 10.7 Å². The highest BCUT2D eigenvalue weighted by Crippen LogP contribution is 2.62. The van der Waals surface area contributed by atoms with Gasteiger partial charge in [-0.15, -0.1) is 0 Å². The van der Waals surface area contributed by atoms with Crippen molar-refractivity contribution in [3.63, 3.8) is 0 Å². The Morgan fingerprint density at radius 3 is 2.42 bits per heavy atom. The second kappa shape index (κ2) is 7.70. The normalized spacial score (nSPS) is 30.5. The molecule has 3 aliphatic carbocycles.